The molecule has 118 valence electrons. The lowest BCUT2D eigenvalue weighted by molar-refractivity contribution is -0.139. The fraction of sp³-hybridized carbons (Fsp3) is 0.357. The van der Waals surface area contributed by atoms with E-state index in [2.05, 4.69) is 10.3 Å². The fourth-order valence-corrected chi connectivity index (χ4v) is 3.29. The van der Waals surface area contributed by atoms with Gasteiger partial charge >= 0.3 is 5.97 Å². The second-order valence-electron chi connectivity index (χ2n) is 4.65. The summed E-state index contributed by atoms with van der Waals surface area (Å²) >= 11 is 2.79. The number of aromatic nitrogens is 2. The Morgan fingerprint density at radius 1 is 1.45 bits per heavy atom. The van der Waals surface area contributed by atoms with Gasteiger partial charge in [-0.25, -0.2) is 9.78 Å². The van der Waals surface area contributed by atoms with E-state index in [9.17, 15) is 14.7 Å². The minimum atomic E-state index is -1.02. The molecule has 2 aromatic rings. The molecule has 0 aliphatic carbocycles. The van der Waals surface area contributed by atoms with Crippen LogP contribution in [0.25, 0.3) is 5.13 Å². The van der Waals surface area contributed by atoms with Gasteiger partial charge in [0.15, 0.2) is 5.13 Å². The lowest BCUT2D eigenvalue weighted by atomic mass is 10.2. The van der Waals surface area contributed by atoms with Crippen molar-refractivity contribution in [1.29, 1.82) is 0 Å². The van der Waals surface area contributed by atoms with Crippen molar-refractivity contribution >= 4 is 35.0 Å². The van der Waals surface area contributed by atoms with Gasteiger partial charge in [-0.05, 0) is 37.5 Å². The number of thioether (sulfide) groups is 1. The minimum Gasteiger partial charge on any atom is -0.480 e. The van der Waals surface area contributed by atoms with Crippen molar-refractivity contribution in [2.24, 2.45) is 0 Å². The molecule has 2 N–H and O–H groups in total. The number of hydrogen-bond donors (Lipinski definition) is 2. The zero-order valence-electron chi connectivity index (χ0n) is 12.3. The molecule has 1 atom stereocenters. The summed E-state index contributed by atoms with van der Waals surface area (Å²) in [5.74, 6) is -0.731. The van der Waals surface area contributed by atoms with Gasteiger partial charge in [-0.1, -0.05) is 11.3 Å². The van der Waals surface area contributed by atoms with E-state index in [0.29, 0.717) is 27.9 Å². The van der Waals surface area contributed by atoms with Gasteiger partial charge in [-0.15, -0.1) is 0 Å². The number of aryl methyl sites for hydroxylation is 1. The summed E-state index contributed by atoms with van der Waals surface area (Å²) < 4.78 is 1.82. The van der Waals surface area contributed by atoms with Crippen LogP contribution in [0.2, 0.25) is 0 Å². The van der Waals surface area contributed by atoms with E-state index in [4.69, 9.17) is 0 Å². The van der Waals surface area contributed by atoms with E-state index in [1.165, 1.54) is 11.3 Å². The van der Waals surface area contributed by atoms with Gasteiger partial charge in [0, 0.05) is 12.4 Å². The zero-order chi connectivity index (χ0) is 16.1. The van der Waals surface area contributed by atoms with E-state index in [1.807, 2.05) is 35.3 Å². The lowest BCUT2D eigenvalue weighted by Crippen LogP contribution is -2.41. The van der Waals surface area contributed by atoms with Crippen LogP contribution >= 0.6 is 23.1 Å². The maximum Gasteiger partial charge on any atom is 0.326 e. The van der Waals surface area contributed by atoms with Crippen molar-refractivity contribution in [3.05, 3.63) is 35.1 Å². The highest BCUT2D eigenvalue weighted by atomic mass is 32.2. The summed E-state index contributed by atoms with van der Waals surface area (Å²) in [7, 11) is 0. The molecule has 0 bridgehead atoms. The summed E-state index contributed by atoms with van der Waals surface area (Å²) in [5, 5.41) is 12.4. The number of amides is 1. The summed E-state index contributed by atoms with van der Waals surface area (Å²) in [4.78, 5) is 28.3. The Morgan fingerprint density at radius 3 is 2.73 bits per heavy atom. The zero-order valence-corrected chi connectivity index (χ0v) is 13.9. The number of nitrogens with one attached hydrogen (secondary N) is 1. The van der Waals surface area contributed by atoms with Crippen LogP contribution in [0.4, 0.5) is 0 Å². The van der Waals surface area contributed by atoms with Crippen LogP contribution < -0.4 is 5.32 Å². The Hall–Kier alpha value is -1.80. The van der Waals surface area contributed by atoms with Crippen LogP contribution in [0.5, 0.6) is 0 Å². The van der Waals surface area contributed by atoms with Gasteiger partial charge in [0.1, 0.15) is 10.9 Å². The smallest absolute Gasteiger partial charge is 0.326 e. The molecule has 0 saturated heterocycles. The van der Waals surface area contributed by atoms with Gasteiger partial charge in [0.2, 0.25) is 0 Å². The molecule has 8 heteroatoms. The summed E-state index contributed by atoms with van der Waals surface area (Å²) in [6, 6.07) is 2.87. The first-order chi connectivity index (χ1) is 10.5. The van der Waals surface area contributed by atoms with E-state index >= 15 is 0 Å². The minimum absolute atomic E-state index is 0.387. The average molecular weight is 339 g/mol. The van der Waals surface area contributed by atoms with Crippen LogP contribution in [0.3, 0.4) is 0 Å². The summed E-state index contributed by atoms with van der Waals surface area (Å²) in [5.41, 5.74) is 0.597. The molecule has 0 spiro atoms. The number of rotatable bonds is 7. The van der Waals surface area contributed by atoms with E-state index in [-0.39, 0.29) is 5.91 Å². The quantitative estimate of drug-likeness (QED) is 0.808. The number of carbonyl (C=O) groups excluding carboxylic acids is 1. The van der Waals surface area contributed by atoms with Crippen LogP contribution in [0, 0.1) is 6.92 Å². The van der Waals surface area contributed by atoms with Crippen molar-refractivity contribution in [3.8, 4) is 5.13 Å². The number of thiazole rings is 1. The van der Waals surface area contributed by atoms with Gasteiger partial charge in [0.25, 0.3) is 5.91 Å². The second-order valence-corrected chi connectivity index (χ2v) is 6.61. The van der Waals surface area contributed by atoms with Crippen LogP contribution in [-0.4, -0.2) is 44.6 Å². The number of carbonyl (C=O) groups is 2. The first kappa shape index (κ1) is 16.6. The molecule has 22 heavy (non-hydrogen) atoms. The SMILES string of the molecule is CSCC[C@H](NC(=O)c1sc(-n2cccc2)nc1C)C(=O)O. The number of carboxylic acid groups (broad SMARTS) is 1. The molecule has 2 aromatic heterocycles. The standard InChI is InChI=1S/C14H17N3O3S2/c1-9-11(22-14(15-9)17-6-3-4-7-17)12(18)16-10(13(19)20)5-8-21-2/h3-4,6-7,10H,5,8H2,1-2H3,(H,16,18)(H,19,20)/t10-/m0/s1. The van der Waals surface area contributed by atoms with Crippen molar-refractivity contribution < 1.29 is 14.7 Å². The van der Waals surface area contributed by atoms with Crippen LogP contribution in [0.1, 0.15) is 21.8 Å². The monoisotopic (exact) mass is 339 g/mol. The van der Waals surface area contributed by atoms with Gasteiger partial charge in [-0.2, -0.15) is 11.8 Å². The van der Waals surface area contributed by atoms with E-state index in [1.54, 1.807) is 18.7 Å². The maximum absolute atomic E-state index is 12.3. The van der Waals surface area contributed by atoms with Crippen molar-refractivity contribution in [1.82, 2.24) is 14.9 Å². The number of nitrogens with zero attached hydrogens (tertiary/aromatic N) is 2. The normalized spacial score (nSPS) is 12.1. The topological polar surface area (TPSA) is 84.2 Å². The number of aliphatic carboxylic acids is 1. The molecule has 0 fully saturated rings. The predicted octanol–water partition coefficient (Wildman–Crippen LogP) is 2.18. The molecule has 0 saturated carbocycles. The Morgan fingerprint density at radius 2 is 2.14 bits per heavy atom. The van der Waals surface area contributed by atoms with Crippen molar-refractivity contribution in [2.75, 3.05) is 12.0 Å². The first-order valence-corrected chi connectivity index (χ1v) is 8.87. The van der Waals surface area contributed by atoms with Gasteiger partial charge < -0.3 is 15.0 Å². The lowest BCUT2D eigenvalue weighted by Gasteiger charge is -2.13. The Bertz CT molecular complexity index is 652. The third-order valence-corrected chi connectivity index (χ3v) is 4.84. The molecule has 6 nitrogen and oxygen atoms in total. The summed E-state index contributed by atoms with van der Waals surface area (Å²) in [6.45, 7) is 1.75. The fourth-order valence-electron chi connectivity index (χ4n) is 1.88. The summed E-state index contributed by atoms with van der Waals surface area (Å²) in [6.07, 6.45) is 5.99. The molecule has 0 unspecified atom stereocenters. The highest BCUT2D eigenvalue weighted by molar-refractivity contribution is 7.98. The molecule has 2 rings (SSSR count). The first-order valence-electron chi connectivity index (χ1n) is 6.66. The maximum atomic E-state index is 12.3. The third-order valence-electron chi connectivity index (χ3n) is 3.03. The Balaban J connectivity index is 2.13. The average Bonchev–Trinajstić information content (AvgIpc) is 3.11. The van der Waals surface area contributed by atoms with Crippen LogP contribution in [-0.2, 0) is 4.79 Å². The number of carboxylic acids is 1. The highest BCUT2D eigenvalue weighted by Gasteiger charge is 2.23. The van der Waals surface area contributed by atoms with Gasteiger partial charge in [-0.3, -0.25) is 4.79 Å². The molecule has 0 aliphatic rings. The second kappa shape index (κ2) is 7.46. The molecule has 1 amide bonds. The Kier molecular flexibility index (Phi) is 5.62. The van der Waals surface area contributed by atoms with Gasteiger partial charge in [0.05, 0.1) is 5.69 Å². The highest BCUT2D eigenvalue weighted by Crippen LogP contribution is 2.21. The Labute approximate surface area is 136 Å². The van der Waals surface area contributed by atoms with Crippen molar-refractivity contribution in [3.63, 3.8) is 0 Å². The van der Waals surface area contributed by atoms with Crippen molar-refractivity contribution in [2.45, 2.75) is 19.4 Å². The third kappa shape index (κ3) is 3.89. The van der Waals surface area contributed by atoms with Crippen LogP contribution in [0.15, 0.2) is 24.5 Å². The van der Waals surface area contributed by atoms with E-state index < -0.39 is 12.0 Å². The molecule has 0 aromatic carbocycles. The molecule has 0 aliphatic heterocycles. The molecular formula is C14H17N3O3S2. The molecular weight excluding hydrogens is 322 g/mol. The number of hydrogen-bond acceptors (Lipinski definition) is 5. The predicted molar refractivity (Wildman–Crippen MR) is 88.1 cm³/mol. The van der Waals surface area contributed by atoms with E-state index in [0.717, 1.165) is 0 Å². The largest absolute Gasteiger partial charge is 0.480 e. The molecule has 0 radical (unpaired) electrons. The molecule has 2 heterocycles.